The third-order valence-corrected chi connectivity index (χ3v) is 4.79. The van der Waals surface area contributed by atoms with Crippen LogP contribution in [0, 0.1) is 10.1 Å². The molecule has 0 saturated carbocycles. The molecular formula is C22H14ClNO2. The van der Waals surface area contributed by atoms with E-state index in [2.05, 4.69) is 0 Å². The van der Waals surface area contributed by atoms with Crippen LogP contribution in [0.1, 0.15) is 0 Å². The van der Waals surface area contributed by atoms with Gasteiger partial charge in [-0.15, -0.1) is 0 Å². The monoisotopic (exact) mass is 359 g/mol. The minimum absolute atomic E-state index is 0.0863. The molecule has 4 rings (SSSR count). The van der Waals surface area contributed by atoms with Crippen LogP contribution < -0.4 is 0 Å². The summed E-state index contributed by atoms with van der Waals surface area (Å²) in [6.07, 6.45) is 0. The van der Waals surface area contributed by atoms with E-state index in [0.717, 1.165) is 27.5 Å². The predicted octanol–water partition coefficient (Wildman–Crippen LogP) is 6.74. The summed E-state index contributed by atoms with van der Waals surface area (Å²) in [6, 6.07) is 26.3. The van der Waals surface area contributed by atoms with Gasteiger partial charge in [-0.3, -0.25) is 10.1 Å². The minimum atomic E-state index is -0.328. The summed E-state index contributed by atoms with van der Waals surface area (Å²) in [5.41, 5.74) is 3.22. The Hall–Kier alpha value is -3.17. The molecule has 0 radical (unpaired) electrons. The molecular weight excluding hydrogens is 346 g/mol. The Morgan fingerprint density at radius 2 is 1.31 bits per heavy atom. The van der Waals surface area contributed by atoms with Crippen LogP contribution in [0.15, 0.2) is 84.9 Å². The highest BCUT2D eigenvalue weighted by Gasteiger charge is 2.21. The predicted molar refractivity (Wildman–Crippen MR) is 106 cm³/mol. The van der Waals surface area contributed by atoms with E-state index in [1.54, 1.807) is 12.1 Å². The number of rotatable bonds is 3. The highest BCUT2D eigenvalue weighted by atomic mass is 35.5. The van der Waals surface area contributed by atoms with Crippen molar-refractivity contribution in [3.05, 3.63) is 100 Å². The normalized spacial score (nSPS) is 10.8. The van der Waals surface area contributed by atoms with Crippen molar-refractivity contribution in [2.75, 3.05) is 0 Å². The van der Waals surface area contributed by atoms with E-state index in [-0.39, 0.29) is 10.6 Å². The Bertz CT molecular complexity index is 1140. The first-order valence-electron chi connectivity index (χ1n) is 8.17. The second kappa shape index (κ2) is 6.62. The van der Waals surface area contributed by atoms with E-state index in [9.17, 15) is 10.1 Å². The van der Waals surface area contributed by atoms with Gasteiger partial charge in [0.05, 0.1) is 10.5 Å². The maximum absolute atomic E-state index is 11.7. The van der Waals surface area contributed by atoms with Crippen LogP contribution in [0.3, 0.4) is 0 Å². The first-order valence-corrected chi connectivity index (χ1v) is 8.55. The Labute approximate surface area is 155 Å². The van der Waals surface area contributed by atoms with Crippen molar-refractivity contribution >= 4 is 28.1 Å². The summed E-state index contributed by atoms with van der Waals surface area (Å²) in [6.45, 7) is 0. The molecule has 4 heteroatoms. The van der Waals surface area contributed by atoms with Crippen molar-refractivity contribution in [1.29, 1.82) is 0 Å². The largest absolute Gasteiger partial charge is 0.277 e. The lowest BCUT2D eigenvalue weighted by Gasteiger charge is -2.14. The molecule has 0 N–H and O–H groups in total. The molecule has 0 aliphatic rings. The van der Waals surface area contributed by atoms with Gasteiger partial charge in [0, 0.05) is 16.7 Å². The van der Waals surface area contributed by atoms with Crippen LogP contribution in [0.4, 0.5) is 5.69 Å². The molecule has 4 aromatic carbocycles. The molecule has 0 aromatic heterocycles. The highest BCUT2D eigenvalue weighted by Crippen LogP contribution is 2.42. The Balaban J connectivity index is 2.11. The molecule has 26 heavy (non-hydrogen) atoms. The van der Waals surface area contributed by atoms with Crippen molar-refractivity contribution in [2.45, 2.75) is 0 Å². The molecule has 0 bridgehead atoms. The van der Waals surface area contributed by atoms with E-state index in [0.29, 0.717) is 10.6 Å². The summed E-state index contributed by atoms with van der Waals surface area (Å²) in [4.78, 5) is 11.4. The van der Waals surface area contributed by atoms with Crippen molar-refractivity contribution in [2.24, 2.45) is 0 Å². The zero-order valence-electron chi connectivity index (χ0n) is 13.7. The first-order chi connectivity index (χ1) is 12.7. The molecule has 3 nitrogen and oxygen atoms in total. The second-order valence-electron chi connectivity index (χ2n) is 5.96. The van der Waals surface area contributed by atoms with Gasteiger partial charge in [-0.05, 0) is 34.0 Å². The van der Waals surface area contributed by atoms with Crippen molar-refractivity contribution in [3.63, 3.8) is 0 Å². The molecule has 0 unspecified atom stereocenters. The summed E-state index contributed by atoms with van der Waals surface area (Å²) < 4.78 is 0. The number of hydrogen-bond donors (Lipinski definition) is 0. The zero-order valence-corrected chi connectivity index (χ0v) is 14.5. The van der Waals surface area contributed by atoms with Gasteiger partial charge in [0.15, 0.2) is 0 Å². The average molecular weight is 360 g/mol. The van der Waals surface area contributed by atoms with Gasteiger partial charge in [-0.1, -0.05) is 78.3 Å². The summed E-state index contributed by atoms with van der Waals surface area (Å²) in [5.74, 6) is 0. The molecule has 126 valence electrons. The molecule has 0 spiro atoms. The van der Waals surface area contributed by atoms with E-state index in [4.69, 9.17) is 11.6 Å². The summed E-state index contributed by atoms with van der Waals surface area (Å²) in [5, 5.41) is 14.2. The number of nitrogens with zero attached hydrogens (tertiary/aromatic N) is 1. The van der Waals surface area contributed by atoms with Gasteiger partial charge < -0.3 is 0 Å². The van der Waals surface area contributed by atoms with Crippen LogP contribution in [0.5, 0.6) is 0 Å². The zero-order chi connectivity index (χ0) is 18.1. The maximum Gasteiger partial charge on any atom is 0.277 e. The van der Waals surface area contributed by atoms with Gasteiger partial charge in [-0.2, -0.15) is 0 Å². The van der Waals surface area contributed by atoms with Crippen LogP contribution in [0.25, 0.3) is 33.0 Å². The molecule has 0 aliphatic heterocycles. The number of hydrogen-bond acceptors (Lipinski definition) is 2. The fourth-order valence-electron chi connectivity index (χ4n) is 3.31. The topological polar surface area (TPSA) is 43.1 Å². The van der Waals surface area contributed by atoms with E-state index in [1.165, 1.54) is 0 Å². The van der Waals surface area contributed by atoms with Gasteiger partial charge in [-0.25, -0.2) is 0 Å². The number of nitro benzene ring substituents is 1. The summed E-state index contributed by atoms with van der Waals surface area (Å²) in [7, 11) is 0. The maximum atomic E-state index is 11.7. The molecule has 0 amide bonds. The lowest BCUT2D eigenvalue weighted by molar-refractivity contribution is -0.384. The molecule has 0 atom stereocenters. The van der Waals surface area contributed by atoms with E-state index < -0.39 is 0 Å². The van der Waals surface area contributed by atoms with E-state index in [1.807, 2.05) is 72.8 Å². The van der Waals surface area contributed by atoms with Gasteiger partial charge in [0.2, 0.25) is 0 Å². The van der Waals surface area contributed by atoms with Gasteiger partial charge in [0.25, 0.3) is 5.69 Å². The lowest BCUT2D eigenvalue weighted by Crippen LogP contribution is -1.95. The van der Waals surface area contributed by atoms with Crippen molar-refractivity contribution in [1.82, 2.24) is 0 Å². The molecule has 0 saturated heterocycles. The Kier molecular flexibility index (Phi) is 4.15. The average Bonchev–Trinajstić information content (AvgIpc) is 2.67. The van der Waals surface area contributed by atoms with Gasteiger partial charge >= 0.3 is 0 Å². The highest BCUT2D eigenvalue weighted by molar-refractivity contribution is 6.33. The quantitative estimate of drug-likeness (QED) is 0.300. The number of halogens is 1. The number of benzene rings is 4. The third kappa shape index (κ3) is 2.72. The standard InChI is InChI=1S/C22H14ClNO2/c23-20-12-6-5-10-18(20)17-9-3-4-11-19(17)22-16-8-2-1-7-15(16)13-14-21(22)24(25)26/h1-14H. The third-order valence-electron chi connectivity index (χ3n) is 4.46. The van der Waals surface area contributed by atoms with Crippen LogP contribution in [-0.4, -0.2) is 4.92 Å². The molecule has 0 aliphatic carbocycles. The summed E-state index contributed by atoms with van der Waals surface area (Å²) >= 11 is 6.40. The lowest BCUT2D eigenvalue weighted by atomic mass is 9.90. The fraction of sp³-hybridized carbons (Fsp3) is 0. The minimum Gasteiger partial charge on any atom is -0.258 e. The first kappa shape index (κ1) is 16.3. The van der Waals surface area contributed by atoms with Crippen molar-refractivity contribution in [3.8, 4) is 22.3 Å². The van der Waals surface area contributed by atoms with E-state index >= 15 is 0 Å². The SMILES string of the molecule is O=[N+]([O-])c1ccc2ccccc2c1-c1ccccc1-c1ccccc1Cl. The smallest absolute Gasteiger partial charge is 0.258 e. The van der Waals surface area contributed by atoms with Crippen molar-refractivity contribution < 1.29 is 4.92 Å². The van der Waals surface area contributed by atoms with Crippen LogP contribution >= 0.6 is 11.6 Å². The second-order valence-corrected chi connectivity index (χ2v) is 6.37. The molecule has 0 heterocycles. The van der Waals surface area contributed by atoms with Crippen LogP contribution in [0.2, 0.25) is 5.02 Å². The number of fused-ring (bicyclic) bond motifs is 1. The fourth-order valence-corrected chi connectivity index (χ4v) is 3.55. The number of nitro groups is 1. The van der Waals surface area contributed by atoms with Gasteiger partial charge in [0.1, 0.15) is 0 Å². The molecule has 0 fully saturated rings. The van der Waals surface area contributed by atoms with Crippen LogP contribution in [-0.2, 0) is 0 Å². The molecule has 4 aromatic rings. The Morgan fingerprint density at radius 3 is 2.04 bits per heavy atom. The Morgan fingerprint density at radius 1 is 0.692 bits per heavy atom.